The zero-order valence-electron chi connectivity index (χ0n) is 10.2. The van der Waals surface area contributed by atoms with Crippen molar-refractivity contribution in [2.45, 2.75) is 40.2 Å². The molecule has 0 saturated carbocycles. The van der Waals surface area contributed by atoms with E-state index in [1.54, 1.807) is 0 Å². The van der Waals surface area contributed by atoms with Crippen molar-refractivity contribution in [3.63, 3.8) is 0 Å². The molecule has 1 N–H and O–H groups in total. The van der Waals surface area contributed by atoms with Crippen LogP contribution in [-0.4, -0.2) is 17.2 Å². The van der Waals surface area contributed by atoms with E-state index in [1.807, 2.05) is 39.8 Å². The van der Waals surface area contributed by atoms with E-state index in [4.69, 9.17) is 9.84 Å². The lowest BCUT2D eigenvalue weighted by atomic mass is 10.00. The zero-order valence-corrected chi connectivity index (χ0v) is 10.2. The Morgan fingerprint density at radius 1 is 1.31 bits per heavy atom. The van der Waals surface area contributed by atoms with Gasteiger partial charge in [-0.1, -0.05) is 6.07 Å². The van der Waals surface area contributed by atoms with Crippen LogP contribution in [-0.2, 0) is 11.2 Å². The first-order valence-corrected chi connectivity index (χ1v) is 5.39. The molecule has 0 atom stereocenters. The number of hydrogen-bond donors (Lipinski definition) is 1. The predicted molar refractivity (Wildman–Crippen MR) is 63.0 cm³/mol. The van der Waals surface area contributed by atoms with Crippen LogP contribution >= 0.6 is 0 Å². The van der Waals surface area contributed by atoms with Gasteiger partial charge in [0.15, 0.2) is 0 Å². The smallest absolute Gasteiger partial charge is 0.307 e. The van der Waals surface area contributed by atoms with Crippen LogP contribution < -0.4 is 4.74 Å². The van der Waals surface area contributed by atoms with Gasteiger partial charge in [-0.3, -0.25) is 4.79 Å². The van der Waals surface area contributed by atoms with Crippen LogP contribution in [0.15, 0.2) is 12.1 Å². The third-order valence-corrected chi connectivity index (χ3v) is 2.55. The monoisotopic (exact) mass is 222 g/mol. The molecule has 1 rings (SSSR count). The number of carboxylic acid groups (broad SMARTS) is 1. The summed E-state index contributed by atoms with van der Waals surface area (Å²) in [5.74, 6) is 0.0293. The van der Waals surface area contributed by atoms with E-state index in [2.05, 4.69) is 0 Å². The summed E-state index contributed by atoms with van der Waals surface area (Å²) in [6.45, 7) is 7.83. The molecule has 0 amide bonds. The molecule has 0 aliphatic heterocycles. The molecule has 16 heavy (non-hydrogen) atoms. The third-order valence-electron chi connectivity index (χ3n) is 2.55. The molecule has 3 nitrogen and oxygen atoms in total. The van der Waals surface area contributed by atoms with Gasteiger partial charge in [0.05, 0.1) is 12.5 Å². The van der Waals surface area contributed by atoms with Gasteiger partial charge in [-0.05, 0) is 50.5 Å². The normalized spacial score (nSPS) is 10.6. The lowest BCUT2D eigenvalue weighted by molar-refractivity contribution is -0.136. The third kappa shape index (κ3) is 2.99. The maximum absolute atomic E-state index is 10.7. The fourth-order valence-electron chi connectivity index (χ4n) is 1.59. The summed E-state index contributed by atoms with van der Waals surface area (Å²) < 4.78 is 5.64. The number of rotatable bonds is 4. The summed E-state index contributed by atoms with van der Waals surface area (Å²) in [6.07, 6.45) is 0.192. The van der Waals surface area contributed by atoms with Crippen LogP contribution in [0.4, 0.5) is 0 Å². The Bertz CT molecular complexity index is 394. The van der Waals surface area contributed by atoms with E-state index in [-0.39, 0.29) is 12.5 Å². The molecule has 0 aliphatic rings. The highest BCUT2D eigenvalue weighted by Crippen LogP contribution is 2.25. The molecule has 1 aromatic carbocycles. The highest BCUT2D eigenvalue weighted by atomic mass is 16.5. The first-order valence-electron chi connectivity index (χ1n) is 5.39. The lowest BCUT2D eigenvalue weighted by Crippen LogP contribution is -2.09. The van der Waals surface area contributed by atoms with Crippen molar-refractivity contribution in [1.82, 2.24) is 0 Å². The maximum Gasteiger partial charge on any atom is 0.307 e. The number of carbonyl (C=O) groups is 1. The fraction of sp³-hybridized carbons (Fsp3) is 0.462. The molecular weight excluding hydrogens is 204 g/mol. The molecule has 0 aromatic heterocycles. The van der Waals surface area contributed by atoms with Crippen LogP contribution in [0, 0.1) is 13.8 Å². The van der Waals surface area contributed by atoms with Gasteiger partial charge in [0.1, 0.15) is 5.75 Å². The molecule has 0 bridgehead atoms. The average Bonchev–Trinajstić information content (AvgIpc) is 2.16. The average molecular weight is 222 g/mol. The minimum atomic E-state index is -0.806. The van der Waals surface area contributed by atoms with Gasteiger partial charge in [0, 0.05) is 0 Å². The summed E-state index contributed by atoms with van der Waals surface area (Å²) in [7, 11) is 0. The van der Waals surface area contributed by atoms with Gasteiger partial charge in [0.2, 0.25) is 0 Å². The minimum absolute atomic E-state index is 0.0641. The topological polar surface area (TPSA) is 46.5 Å². The number of hydrogen-bond acceptors (Lipinski definition) is 2. The van der Waals surface area contributed by atoms with E-state index in [9.17, 15) is 4.79 Å². The van der Waals surface area contributed by atoms with Crippen molar-refractivity contribution < 1.29 is 14.6 Å². The van der Waals surface area contributed by atoms with E-state index in [0.29, 0.717) is 0 Å². The maximum atomic E-state index is 10.7. The molecule has 0 aliphatic carbocycles. The van der Waals surface area contributed by atoms with Crippen LogP contribution in [0.3, 0.4) is 0 Å². The number of benzene rings is 1. The Kier molecular flexibility index (Phi) is 3.93. The Labute approximate surface area is 96.1 Å². The van der Waals surface area contributed by atoms with Crippen LogP contribution in [0.1, 0.15) is 30.5 Å². The standard InChI is InChI=1S/C13H18O3/c1-8(2)16-12-6-5-11(7-13(14)15)9(3)10(12)4/h5-6,8H,7H2,1-4H3,(H,14,15). The second kappa shape index (κ2) is 5.01. The summed E-state index contributed by atoms with van der Waals surface area (Å²) in [5, 5.41) is 8.77. The van der Waals surface area contributed by atoms with Crippen LogP contribution in [0.25, 0.3) is 0 Å². The first kappa shape index (κ1) is 12.6. The van der Waals surface area contributed by atoms with E-state index in [1.165, 1.54) is 0 Å². The summed E-state index contributed by atoms with van der Waals surface area (Å²) in [5.41, 5.74) is 2.87. The lowest BCUT2D eigenvalue weighted by Gasteiger charge is -2.15. The highest BCUT2D eigenvalue weighted by molar-refractivity contribution is 5.71. The second-order valence-electron chi connectivity index (χ2n) is 4.21. The predicted octanol–water partition coefficient (Wildman–Crippen LogP) is 2.72. The fourth-order valence-corrected chi connectivity index (χ4v) is 1.59. The zero-order chi connectivity index (χ0) is 12.3. The Hall–Kier alpha value is -1.51. The van der Waals surface area contributed by atoms with E-state index >= 15 is 0 Å². The summed E-state index contributed by atoms with van der Waals surface area (Å²) in [6, 6.07) is 3.68. The number of aliphatic carboxylic acids is 1. The number of ether oxygens (including phenoxy) is 1. The molecule has 0 radical (unpaired) electrons. The van der Waals surface area contributed by atoms with Crippen LogP contribution in [0.5, 0.6) is 5.75 Å². The molecule has 0 fully saturated rings. The Morgan fingerprint density at radius 3 is 2.44 bits per heavy atom. The molecule has 0 saturated heterocycles. The van der Waals surface area contributed by atoms with Gasteiger partial charge in [0.25, 0.3) is 0 Å². The van der Waals surface area contributed by atoms with E-state index in [0.717, 1.165) is 22.4 Å². The molecule has 3 heteroatoms. The quantitative estimate of drug-likeness (QED) is 0.852. The van der Waals surface area contributed by atoms with Gasteiger partial charge < -0.3 is 9.84 Å². The van der Waals surface area contributed by atoms with Crippen molar-refractivity contribution in [2.24, 2.45) is 0 Å². The second-order valence-corrected chi connectivity index (χ2v) is 4.21. The van der Waals surface area contributed by atoms with Gasteiger partial charge in [-0.15, -0.1) is 0 Å². The largest absolute Gasteiger partial charge is 0.491 e. The highest BCUT2D eigenvalue weighted by Gasteiger charge is 2.10. The molecule has 0 spiro atoms. The molecule has 1 aromatic rings. The van der Waals surface area contributed by atoms with Crippen molar-refractivity contribution in [3.05, 3.63) is 28.8 Å². The van der Waals surface area contributed by atoms with Crippen molar-refractivity contribution in [3.8, 4) is 5.75 Å². The van der Waals surface area contributed by atoms with Crippen LogP contribution in [0.2, 0.25) is 0 Å². The molecule has 0 heterocycles. The molecule has 88 valence electrons. The summed E-state index contributed by atoms with van der Waals surface area (Å²) in [4.78, 5) is 10.7. The van der Waals surface area contributed by atoms with Crippen molar-refractivity contribution in [1.29, 1.82) is 0 Å². The molecule has 0 unspecified atom stereocenters. The van der Waals surface area contributed by atoms with Gasteiger partial charge in [-0.2, -0.15) is 0 Å². The minimum Gasteiger partial charge on any atom is -0.491 e. The Balaban J connectivity index is 3.03. The van der Waals surface area contributed by atoms with Gasteiger partial charge in [-0.25, -0.2) is 0 Å². The number of carboxylic acids is 1. The van der Waals surface area contributed by atoms with Crippen molar-refractivity contribution in [2.75, 3.05) is 0 Å². The van der Waals surface area contributed by atoms with Gasteiger partial charge >= 0.3 is 5.97 Å². The Morgan fingerprint density at radius 2 is 1.94 bits per heavy atom. The van der Waals surface area contributed by atoms with E-state index < -0.39 is 5.97 Å². The molecular formula is C13H18O3. The first-order chi connectivity index (χ1) is 7.41. The van der Waals surface area contributed by atoms with Crippen molar-refractivity contribution >= 4 is 5.97 Å². The summed E-state index contributed by atoms with van der Waals surface area (Å²) >= 11 is 0. The SMILES string of the molecule is Cc1c(CC(=O)O)ccc(OC(C)C)c1C.